The third kappa shape index (κ3) is 3.58. The summed E-state index contributed by atoms with van der Waals surface area (Å²) in [5.74, 6) is 1.30. The molecule has 0 aromatic heterocycles. The minimum absolute atomic E-state index is 0.0971. The summed E-state index contributed by atoms with van der Waals surface area (Å²) < 4.78 is 5.78. The molecule has 21 heavy (non-hydrogen) atoms. The van der Waals surface area contributed by atoms with Crippen LogP contribution in [0.15, 0.2) is 42.5 Å². The summed E-state index contributed by atoms with van der Waals surface area (Å²) in [6.07, 6.45) is 0. The molecule has 1 N–H and O–H groups in total. The Kier molecular flexibility index (Phi) is 4.55. The molecule has 0 spiro atoms. The fourth-order valence-electron chi connectivity index (χ4n) is 2.05. The van der Waals surface area contributed by atoms with E-state index in [1.165, 1.54) is 6.07 Å². The topological polar surface area (TPSA) is 64.4 Å². The summed E-state index contributed by atoms with van der Waals surface area (Å²) in [6.45, 7) is 3.76. The van der Waals surface area contributed by atoms with Gasteiger partial charge in [-0.25, -0.2) is 0 Å². The van der Waals surface area contributed by atoms with Gasteiger partial charge in [-0.3, -0.25) is 10.1 Å². The fraction of sp³-hybridized carbons (Fsp3) is 0.250. The number of nitro benzene ring substituents is 1. The van der Waals surface area contributed by atoms with Crippen LogP contribution in [0.5, 0.6) is 11.5 Å². The molecule has 0 bridgehead atoms. The molecule has 2 aromatic rings. The van der Waals surface area contributed by atoms with Gasteiger partial charge in [-0.2, -0.15) is 0 Å². The Hall–Kier alpha value is -2.40. The number of nitro groups is 1. The maximum Gasteiger partial charge on any atom is 0.272 e. The summed E-state index contributed by atoms with van der Waals surface area (Å²) in [5.41, 5.74) is 1.80. The van der Waals surface area contributed by atoms with E-state index in [1.807, 2.05) is 31.3 Å². The molecule has 0 heterocycles. The molecule has 0 amide bonds. The van der Waals surface area contributed by atoms with Crippen molar-refractivity contribution >= 4 is 5.69 Å². The van der Waals surface area contributed by atoms with Gasteiger partial charge in [0.1, 0.15) is 11.5 Å². The second kappa shape index (κ2) is 6.37. The first kappa shape index (κ1) is 15.0. The third-order valence-electron chi connectivity index (χ3n) is 3.39. The van der Waals surface area contributed by atoms with E-state index >= 15 is 0 Å². The standard InChI is InChI=1S/C16H18N2O3/c1-11-9-15(7-8-16(11)18(19)20)21-14-6-4-5-13(10-14)12(2)17-3/h4-10,12,17H,1-3H3. The highest BCUT2D eigenvalue weighted by atomic mass is 16.6. The molecule has 0 aliphatic carbocycles. The Bertz CT molecular complexity index is 656. The number of ether oxygens (including phenoxy) is 1. The van der Waals surface area contributed by atoms with Crippen LogP contribution in [0.1, 0.15) is 24.1 Å². The summed E-state index contributed by atoms with van der Waals surface area (Å²) in [5, 5.41) is 14.0. The highest BCUT2D eigenvalue weighted by molar-refractivity contribution is 5.45. The van der Waals surface area contributed by atoms with E-state index in [0.29, 0.717) is 17.1 Å². The van der Waals surface area contributed by atoms with E-state index in [0.717, 1.165) is 5.56 Å². The molecule has 2 rings (SSSR count). The molecule has 1 atom stereocenters. The monoisotopic (exact) mass is 286 g/mol. The minimum Gasteiger partial charge on any atom is -0.457 e. The first-order valence-corrected chi connectivity index (χ1v) is 6.71. The number of nitrogens with zero attached hydrogens (tertiary/aromatic N) is 1. The number of hydrogen-bond acceptors (Lipinski definition) is 4. The zero-order chi connectivity index (χ0) is 15.4. The second-order valence-electron chi connectivity index (χ2n) is 4.89. The van der Waals surface area contributed by atoms with Crippen molar-refractivity contribution in [3.63, 3.8) is 0 Å². The van der Waals surface area contributed by atoms with Crippen LogP contribution in [-0.2, 0) is 0 Å². The van der Waals surface area contributed by atoms with Crippen LogP contribution in [0, 0.1) is 17.0 Å². The summed E-state index contributed by atoms with van der Waals surface area (Å²) in [7, 11) is 1.90. The second-order valence-corrected chi connectivity index (χ2v) is 4.89. The van der Waals surface area contributed by atoms with Crippen molar-refractivity contribution < 1.29 is 9.66 Å². The molecule has 5 heteroatoms. The lowest BCUT2D eigenvalue weighted by molar-refractivity contribution is -0.385. The quantitative estimate of drug-likeness (QED) is 0.667. The molecule has 1 unspecified atom stereocenters. The van der Waals surface area contributed by atoms with Gasteiger partial charge >= 0.3 is 0 Å². The van der Waals surface area contributed by atoms with Crippen molar-refractivity contribution in [2.45, 2.75) is 19.9 Å². The average Bonchev–Trinajstić information content (AvgIpc) is 2.46. The first-order valence-electron chi connectivity index (χ1n) is 6.71. The van der Waals surface area contributed by atoms with E-state index in [-0.39, 0.29) is 11.7 Å². The third-order valence-corrected chi connectivity index (χ3v) is 3.39. The highest BCUT2D eigenvalue weighted by Gasteiger charge is 2.11. The predicted molar refractivity (Wildman–Crippen MR) is 81.8 cm³/mol. The van der Waals surface area contributed by atoms with Crippen LogP contribution < -0.4 is 10.1 Å². The van der Waals surface area contributed by atoms with Gasteiger partial charge in [0, 0.05) is 17.7 Å². The lowest BCUT2D eigenvalue weighted by atomic mass is 10.1. The van der Waals surface area contributed by atoms with Crippen molar-refractivity contribution in [1.29, 1.82) is 0 Å². The molecule has 0 saturated carbocycles. The van der Waals surface area contributed by atoms with Crippen molar-refractivity contribution in [3.05, 3.63) is 63.7 Å². The summed E-state index contributed by atoms with van der Waals surface area (Å²) in [4.78, 5) is 10.4. The van der Waals surface area contributed by atoms with E-state index in [9.17, 15) is 10.1 Å². The predicted octanol–water partition coefficient (Wildman–Crippen LogP) is 3.98. The van der Waals surface area contributed by atoms with Crippen molar-refractivity contribution in [1.82, 2.24) is 5.32 Å². The Balaban J connectivity index is 2.22. The van der Waals surface area contributed by atoms with Crippen LogP contribution in [-0.4, -0.2) is 12.0 Å². The number of benzene rings is 2. The molecular formula is C16H18N2O3. The minimum atomic E-state index is -0.395. The van der Waals surface area contributed by atoms with Crippen molar-refractivity contribution in [3.8, 4) is 11.5 Å². The van der Waals surface area contributed by atoms with Crippen molar-refractivity contribution in [2.75, 3.05) is 7.05 Å². The number of nitrogens with one attached hydrogen (secondary N) is 1. The fourth-order valence-corrected chi connectivity index (χ4v) is 2.05. The van der Waals surface area contributed by atoms with E-state index in [2.05, 4.69) is 12.2 Å². The van der Waals surface area contributed by atoms with Gasteiger partial charge in [-0.1, -0.05) is 12.1 Å². The zero-order valence-electron chi connectivity index (χ0n) is 12.3. The average molecular weight is 286 g/mol. The van der Waals surface area contributed by atoms with Gasteiger partial charge in [0.25, 0.3) is 5.69 Å². The van der Waals surface area contributed by atoms with Crippen LogP contribution in [0.25, 0.3) is 0 Å². The highest BCUT2D eigenvalue weighted by Crippen LogP contribution is 2.28. The van der Waals surface area contributed by atoms with Crippen LogP contribution in [0.2, 0.25) is 0 Å². The molecule has 0 fully saturated rings. The van der Waals surface area contributed by atoms with Gasteiger partial charge in [0.2, 0.25) is 0 Å². The molecule has 0 aliphatic rings. The normalized spacial score (nSPS) is 12.0. The van der Waals surface area contributed by atoms with E-state index < -0.39 is 4.92 Å². The van der Waals surface area contributed by atoms with Gasteiger partial charge in [-0.05, 0) is 50.7 Å². The lowest BCUT2D eigenvalue weighted by Crippen LogP contribution is -2.11. The lowest BCUT2D eigenvalue weighted by Gasteiger charge is -2.12. The van der Waals surface area contributed by atoms with Gasteiger partial charge < -0.3 is 10.1 Å². The van der Waals surface area contributed by atoms with Crippen LogP contribution in [0.3, 0.4) is 0 Å². The molecule has 0 radical (unpaired) electrons. The van der Waals surface area contributed by atoms with Gasteiger partial charge in [-0.15, -0.1) is 0 Å². The molecular weight excluding hydrogens is 268 g/mol. The van der Waals surface area contributed by atoms with E-state index in [4.69, 9.17) is 4.74 Å². The SMILES string of the molecule is CNC(C)c1cccc(Oc2ccc([N+](=O)[O-])c(C)c2)c1. The maximum atomic E-state index is 10.8. The molecule has 0 aliphatic heterocycles. The Morgan fingerprint density at radius 2 is 1.90 bits per heavy atom. The Morgan fingerprint density at radius 1 is 1.19 bits per heavy atom. The van der Waals surface area contributed by atoms with Crippen molar-refractivity contribution in [2.24, 2.45) is 0 Å². The zero-order valence-corrected chi connectivity index (χ0v) is 12.3. The largest absolute Gasteiger partial charge is 0.457 e. The Morgan fingerprint density at radius 3 is 2.52 bits per heavy atom. The van der Waals surface area contributed by atoms with Gasteiger partial charge in [0.05, 0.1) is 4.92 Å². The Labute approximate surface area is 123 Å². The number of rotatable bonds is 5. The summed E-state index contributed by atoms with van der Waals surface area (Å²) >= 11 is 0. The smallest absolute Gasteiger partial charge is 0.272 e. The van der Waals surface area contributed by atoms with Gasteiger partial charge in [0.15, 0.2) is 0 Å². The molecule has 5 nitrogen and oxygen atoms in total. The van der Waals surface area contributed by atoms with E-state index in [1.54, 1.807) is 19.1 Å². The number of hydrogen-bond donors (Lipinski definition) is 1. The molecule has 110 valence electrons. The summed E-state index contributed by atoms with van der Waals surface area (Å²) in [6, 6.07) is 12.7. The number of aryl methyl sites for hydroxylation is 1. The van der Waals surface area contributed by atoms with Crippen LogP contribution in [0.4, 0.5) is 5.69 Å². The first-order chi connectivity index (χ1) is 10.0. The molecule has 0 saturated heterocycles. The van der Waals surface area contributed by atoms with Crippen LogP contribution >= 0.6 is 0 Å². The molecule has 2 aromatic carbocycles. The maximum absolute atomic E-state index is 10.8.